The molecule has 6 heteroatoms. The molecule has 1 aliphatic rings. The maximum absolute atomic E-state index is 11.9. The maximum atomic E-state index is 11.9. The van der Waals surface area contributed by atoms with Gasteiger partial charge in [0.25, 0.3) is 5.91 Å². The van der Waals surface area contributed by atoms with E-state index in [1.165, 1.54) is 17.2 Å². The van der Waals surface area contributed by atoms with Crippen molar-refractivity contribution in [1.29, 1.82) is 0 Å². The van der Waals surface area contributed by atoms with Gasteiger partial charge in [-0.1, -0.05) is 5.16 Å². The molecule has 2 rings (SSSR count). The highest BCUT2D eigenvalue weighted by Gasteiger charge is 2.33. The smallest absolute Gasteiger partial charge is 0.326 e. The third kappa shape index (κ3) is 1.91. The Labute approximate surface area is 91.8 Å². The van der Waals surface area contributed by atoms with Crippen molar-refractivity contribution in [2.75, 3.05) is 6.54 Å². The highest BCUT2D eigenvalue weighted by Crippen LogP contribution is 2.19. The molecular formula is C10H12N2O4. The second kappa shape index (κ2) is 4.34. The molecule has 6 nitrogen and oxygen atoms in total. The predicted octanol–water partition coefficient (Wildman–Crippen LogP) is 0.754. The first-order chi connectivity index (χ1) is 7.70. The zero-order valence-corrected chi connectivity index (χ0v) is 8.63. The van der Waals surface area contributed by atoms with Gasteiger partial charge in [-0.05, 0) is 19.3 Å². The molecule has 1 aromatic rings. The van der Waals surface area contributed by atoms with Crippen molar-refractivity contribution in [3.63, 3.8) is 0 Å². The Kier molecular flexibility index (Phi) is 2.89. The number of aromatic nitrogens is 1. The summed E-state index contributed by atoms with van der Waals surface area (Å²) in [6.45, 7) is 0.455. The number of aliphatic carboxylic acids is 1. The molecule has 0 radical (unpaired) electrons. The van der Waals surface area contributed by atoms with Crippen LogP contribution in [-0.4, -0.2) is 39.6 Å². The van der Waals surface area contributed by atoms with Crippen LogP contribution < -0.4 is 0 Å². The quantitative estimate of drug-likeness (QED) is 0.801. The summed E-state index contributed by atoms with van der Waals surface area (Å²) >= 11 is 0. The minimum absolute atomic E-state index is 0.0909. The number of carbonyl (C=O) groups excluding carboxylic acids is 1. The number of carboxylic acids is 1. The van der Waals surface area contributed by atoms with Gasteiger partial charge in [0.15, 0.2) is 0 Å². The zero-order valence-electron chi connectivity index (χ0n) is 8.63. The summed E-state index contributed by atoms with van der Waals surface area (Å²) in [5.41, 5.74) is 0. The number of piperidine rings is 1. The van der Waals surface area contributed by atoms with Crippen LogP contribution in [0.2, 0.25) is 0 Å². The minimum atomic E-state index is -0.965. The van der Waals surface area contributed by atoms with Gasteiger partial charge in [-0.25, -0.2) is 4.79 Å². The van der Waals surface area contributed by atoms with Crippen LogP contribution >= 0.6 is 0 Å². The number of carbonyl (C=O) groups is 2. The van der Waals surface area contributed by atoms with E-state index in [4.69, 9.17) is 9.63 Å². The normalized spacial score (nSPS) is 20.8. The van der Waals surface area contributed by atoms with Gasteiger partial charge in [-0.2, -0.15) is 0 Å². The van der Waals surface area contributed by atoms with E-state index in [0.717, 1.165) is 12.8 Å². The Hall–Kier alpha value is -1.85. The molecule has 1 aromatic heterocycles. The fourth-order valence-corrected chi connectivity index (χ4v) is 1.90. The summed E-state index contributed by atoms with van der Waals surface area (Å²) in [6.07, 6.45) is 3.52. The van der Waals surface area contributed by atoms with E-state index in [1.807, 2.05) is 0 Å². The van der Waals surface area contributed by atoms with Crippen molar-refractivity contribution < 1.29 is 19.2 Å². The molecule has 1 atom stereocenters. The topological polar surface area (TPSA) is 83.6 Å². The van der Waals surface area contributed by atoms with Crippen LogP contribution in [0.5, 0.6) is 0 Å². The first kappa shape index (κ1) is 10.7. The fourth-order valence-electron chi connectivity index (χ4n) is 1.90. The second-order valence-corrected chi connectivity index (χ2v) is 3.73. The lowest BCUT2D eigenvalue weighted by Crippen LogP contribution is -2.47. The molecular weight excluding hydrogens is 212 g/mol. The van der Waals surface area contributed by atoms with E-state index in [9.17, 15) is 9.59 Å². The highest BCUT2D eigenvalue weighted by atomic mass is 16.5. The van der Waals surface area contributed by atoms with Gasteiger partial charge >= 0.3 is 5.97 Å². The maximum Gasteiger partial charge on any atom is 0.326 e. The Balaban J connectivity index is 2.17. The number of likely N-dealkylation sites (tertiary alicyclic amines) is 1. The fraction of sp³-hybridized carbons (Fsp3) is 0.500. The van der Waals surface area contributed by atoms with Gasteiger partial charge < -0.3 is 14.5 Å². The molecule has 1 aliphatic heterocycles. The lowest BCUT2D eigenvalue weighted by atomic mass is 10.0. The molecule has 0 unspecified atom stereocenters. The average molecular weight is 224 g/mol. The largest absolute Gasteiger partial charge is 0.480 e. The number of amides is 1. The SMILES string of the molecule is O=C(O)[C@H]1CCCCN1C(=O)c1ccno1. The van der Waals surface area contributed by atoms with Crippen LogP contribution in [0.15, 0.2) is 16.8 Å². The Bertz CT molecular complexity index is 388. The van der Waals surface area contributed by atoms with E-state index in [1.54, 1.807) is 0 Å². The number of hydrogen-bond acceptors (Lipinski definition) is 4. The van der Waals surface area contributed by atoms with E-state index >= 15 is 0 Å². The van der Waals surface area contributed by atoms with Crippen LogP contribution in [-0.2, 0) is 4.79 Å². The molecule has 0 aliphatic carbocycles. The molecule has 2 heterocycles. The van der Waals surface area contributed by atoms with Crippen molar-refractivity contribution in [2.24, 2.45) is 0 Å². The lowest BCUT2D eigenvalue weighted by Gasteiger charge is -2.31. The Morgan fingerprint density at radius 1 is 1.50 bits per heavy atom. The van der Waals surface area contributed by atoms with E-state index in [2.05, 4.69) is 5.16 Å². The van der Waals surface area contributed by atoms with E-state index < -0.39 is 17.9 Å². The predicted molar refractivity (Wildman–Crippen MR) is 52.8 cm³/mol. The second-order valence-electron chi connectivity index (χ2n) is 3.73. The molecule has 0 spiro atoms. The number of rotatable bonds is 2. The molecule has 1 saturated heterocycles. The van der Waals surface area contributed by atoms with Crippen LogP contribution in [0.1, 0.15) is 29.8 Å². The zero-order chi connectivity index (χ0) is 11.5. The van der Waals surface area contributed by atoms with Gasteiger partial charge in [-0.3, -0.25) is 4.79 Å². The molecule has 0 bridgehead atoms. The number of carboxylic acid groups (broad SMARTS) is 1. The summed E-state index contributed by atoms with van der Waals surface area (Å²) in [7, 11) is 0. The van der Waals surface area contributed by atoms with Gasteiger partial charge in [-0.15, -0.1) is 0 Å². The molecule has 1 amide bonds. The standard InChI is InChI=1S/C10H12N2O4/c13-9(8-4-5-11-16-8)12-6-2-1-3-7(12)10(14)15/h4-5,7H,1-3,6H2,(H,14,15)/t7-/m1/s1. The lowest BCUT2D eigenvalue weighted by molar-refractivity contribution is -0.143. The van der Waals surface area contributed by atoms with Crippen molar-refractivity contribution in [1.82, 2.24) is 10.1 Å². The number of nitrogens with zero attached hydrogens (tertiary/aromatic N) is 2. The van der Waals surface area contributed by atoms with Crippen molar-refractivity contribution >= 4 is 11.9 Å². The van der Waals surface area contributed by atoms with Crippen molar-refractivity contribution in [3.05, 3.63) is 18.0 Å². The monoisotopic (exact) mass is 224 g/mol. The summed E-state index contributed by atoms with van der Waals surface area (Å²) in [4.78, 5) is 24.2. The van der Waals surface area contributed by atoms with Crippen LogP contribution in [0.3, 0.4) is 0 Å². The van der Waals surface area contributed by atoms with Crippen LogP contribution in [0.4, 0.5) is 0 Å². The van der Waals surface area contributed by atoms with Crippen LogP contribution in [0, 0.1) is 0 Å². The van der Waals surface area contributed by atoms with Gasteiger partial charge in [0.05, 0.1) is 6.20 Å². The van der Waals surface area contributed by atoms with Gasteiger partial charge in [0.2, 0.25) is 5.76 Å². The van der Waals surface area contributed by atoms with E-state index in [0.29, 0.717) is 13.0 Å². The summed E-state index contributed by atoms with van der Waals surface area (Å²) in [5, 5.41) is 12.5. The first-order valence-corrected chi connectivity index (χ1v) is 5.14. The van der Waals surface area contributed by atoms with Crippen LogP contribution in [0.25, 0.3) is 0 Å². The van der Waals surface area contributed by atoms with E-state index in [-0.39, 0.29) is 5.76 Å². The minimum Gasteiger partial charge on any atom is -0.480 e. The summed E-state index contributed by atoms with van der Waals surface area (Å²) in [5.74, 6) is -1.27. The summed E-state index contributed by atoms with van der Waals surface area (Å²) in [6, 6.07) is 0.696. The molecule has 1 N–H and O–H groups in total. The number of hydrogen-bond donors (Lipinski definition) is 1. The summed E-state index contributed by atoms with van der Waals surface area (Å²) < 4.78 is 4.74. The third-order valence-corrected chi connectivity index (χ3v) is 2.70. The molecule has 86 valence electrons. The molecule has 0 saturated carbocycles. The van der Waals surface area contributed by atoms with Crippen molar-refractivity contribution in [3.8, 4) is 0 Å². The third-order valence-electron chi connectivity index (χ3n) is 2.70. The molecule has 0 aromatic carbocycles. The Morgan fingerprint density at radius 2 is 2.31 bits per heavy atom. The average Bonchev–Trinajstić information content (AvgIpc) is 2.81. The Morgan fingerprint density at radius 3 is 2.94 bits per heavy atom. The first-order valence-electron chi connectivity index (χ1n) is 5.14. The molecule has 16 heavy (non-hydrogen) atoms. The van der Waals surface area contributed by atoms with Crippen molar-refractivity contribution in [2.45, 2.75) is 25.3 Å². The molecule has 1 fully saturated rings. The van der Waals surface area contributed by atoms with Gasteiger partial charge in [0.1, 0.15) is 6.04 Å². The van der Waals surface area contributed by atoms with Gasteiger partial charge in [0, 0.05) is 12.6 Å². The highest BCUT2D eigenvalue weighted by molar-refractivity contribution is 5.94.